The van der Waals surface area contributed by atoms with Crippen LogP contribution in [0.25, 0.3) is 16.6 Å². The molecule has 0 saturated carbocycles. The molecule has 3 aromatic rings. The fraction of sp³-hybridized carbons (Fsp3) is 0.118. The van der Waals surface area contributed by atoms with E-state index in [1.807, 2.05) is 59.3 Å². The van der Waals surface area contributed by atoms with Crippen LogP contribution in [0.3, 0.4) is 0 Å². The van der Waals surface area contributed by atoms with Crippen molar-refractivity contribution in [2.45, 2.75) is 0 Å². The highest BCUT2D eigenvalue weighted by molar-refractivity contribution is 6.18. The number of carbonyl (C=O) groups is 1. The molecule has 0 fully saturated rings. The maximum atomic E-state index is 11.1. The highest BCUT2D eigenvalue weighted by atomic mass is 35.5. The minimum absolute atomic E-state index is 0.441. The van der Waals surface area contributed by atoms with Gasteiger partial charge in [-0.25, -0.2) is 0 Å². The molecule has 0 N–H and O–H groups in total. The van der Waals surface area contributed by atoms with Gasteiger partial charge in [-0.3, -0.25) is 4.79 Å². The molecule has 0 bridgehead atoms. The number of carbonyl (C=O) groups excluding carboxylic acids is 1. The molecular weight excluding hydrogens is 286 g/mol. The maximum absolute atomic E-state index is 11.1. The van der Waals surface area contributed by atoms with Gasteiger partial charge in [0, 0.05) is 17.1 Å². The summed E-state index contributed by atoms with van der Waals surface area (Å²) in [5, 5.41) is 0.930. The Morgan fingerprint density at radius 2 is 1.95 bits per heavy atom. The zero-order chi connectivity index (χ0) is 14.7. The quantitative estimate of drug-likeness (QED) is 0.525. The topological polar surface area (TPSA) is 31.2 Å². The van der Waals surface area contributed by atoms with Gasteiger partial charge in [-0.15, -0.1) is 11.6 Å². The highest BCUT2D eigenvalue weighted by Crippen LogP contribution is 2.28. The Morgan fingerprint density at radius 1 is 1.10 bits per heavy atom. The Bertz CT molecular complexity index is 779. The van der Waals surface area contributed by atoms with Gasteiger partial charge in [0.15, 0.2) is 6.29 Å². The van der Waals surface area contributed by atoms with Gasteiger partial charge < -0.3 is 9.30 Å². The number of fused-ring (bicyclic) bond motifs is 1. The summed E-state index contributed by atoms with van der Waals surface area (Å²) in [4.78, 5) is 11.1. The number of alkyl halides is 1. The van der Waals surface area contributed by atoms with E-state index in [0.717, 1.165) is 28.6 Å². The van der Waals surface area contributed by atoms with Crippen molar-refractivity contribution < 1.29 is 9.53 Å². The zero-order valence-corrected chi connectivity index (χ0v) is 12.1. The van der Waals surface area contributed by atoms with Crippen LogP contribution in [0, 0.1) is 0 Å². The lowest BCUT2D eigenvalue weighted by molar-refractivity contribution is 0.112. The Kier molecular flexibility index (Phi) is 3.93. The minimum Gasteiger partial charge on any atom is -0.490 e. The number of nitrogens with zero attached hydrogens (tertiary/aromatic N) is 1. The lowest BCUT2D eigenvalue weighted by Crippen LogP contribution is -2.02. The molecule has 1 heterocycles. The summed E-state index contributed by atoms with van der Waals surface area (Å²) in [5.41, 5.74) is 2.59. The molecule has 0 radical (unpaired) electrons. The molecule has 0 spiro atoms. The fourth-order valence-electron chi connectivity index (χ4n) is 2.43. The number of rotatable bonds is 5. The maximum Gasteiger partial charge on any atom is 0.150 e. The second-order valence-electron chi connectivity index (χ2n) is 4.59. The van der Waals surface area contributed by atoms with Crippen LogP contribution in [0.4, 0.5) is 0 Å². The second kappa shape index (κ2) is 6.02. The van der Waals surface area contributed by atoms with Gasteiger partial charge in [-0.1, -0.05) is 24.3 Å². The summed E-state index contributed by atoms with van der Waals surface area (Å²) in [6.07, 6.45) is 2.82. The number of halogens is 1. The van der Waals surface area contributed by atoms with Crippen molar-refractivity contribution in [3.8, 4) is 11.4 Å². The number of para-hydroxylation sites is 2. The second-order valence-corrected chi connectivity index (χ2v) is 4.97. The molecule has 0 aliphatic heterocycles. The number of hydrogen-bond donors (Lipinski definition) is 0. The number of hydrogen-bond acceptors (Lipinski definition) is 2. The van der Waals surface area contributed by atoms with E-state index in [1.165, 1.54) is 0 Å². The van der Waals surface area contributed by atoms with Gasteiger partial charge in [0.2, 0.25) is 0 Å². The summed E-state index contributed by atoms with van der Waals surface area (Å²) >= 11 is 5.69. The van der Waals surface area contributed by atoms with Crippen LogP contribution >= 0.6 is 11.6 Å². The molecule has 0 saturated heterocycles. The average molecular weight is 300 g/mol. The summed E-state index contributed by atoms with van der Waals surface area (Å²) < 4.78 is 7.71. The summed E-state index contributed by atoms with van der Waals surface area (Å²) in [7, 11) is 0. The van der Waals surface area contributed by atoms with E-state index in [1.54, 1.807) is 0 Å². The highest BCUT2D eigenvalue weighted by Gasteiger charge is 2.10. The first-order chi connectivity index (χ1) is 10.3. The smallest absolute Gasteiger partial charge is 0.150 e. The van der Waals surface area contributed by atoms with Crippen LogP contribution in [0.15, 0.2) is 54.7 Å². The molecule has 3 nitrogen and oxygen atoms in total. The van der Waals surface area contributed by atoms with E-state index in [4.69, 9.17) is 16.3 Å². The number of ether oxygens (including phenoxy) is 1. The predicted octanol–water partition coefficient (Wildman–Crippen LogP) is 4.06. The molecule has 2 aromatic carbocycles. The normalized spacial score (nSPS) is 10.7. The van der Waals surface area contributed by atoms with Crippen molar-refractivity contribution in [2.75, 3.05) is 12.5 Å². The van der Waals surface area contributed by atoms with Crippen molar-refractivity contribution in [3.63, 3.8) is 0 Å². The first-order valence-corrected chi connectivity index (χ1v) is 7.22. The van der Waals surface area contributed by atoms with Crippen molar-refractivity contribution in [3.05, 3.63) is 60.3 Å². The molecule has 106 valence electrons. The van der Waals surface area contributed by atoms with Crippen LogP contribution in [-0.2, 0) is 0 Å². The standard InChI is InChI=1S/C17H14ClNO2/c18-9-11-21-17-7-2-1-5-16(17)19-10-8-14-13(12-20)4-3-6-15(14)19/h1-8,10,12H,9,11H2. The van der Waals surface area contributed by atoms with Crippen LogP contribution < -0.4 is 4.74 Å². The average Bonchev–Trinajstić information content (AvgIpc) is 2.97. The van der Waals surface area contributed by atoms with Crippen molar-refractivity contribution >= 4 is 28.8 Å². The third kappa shape index (κ3) is 2.52. The first kappa shape index (κ1) is 13.7. The summed E-state index contributed by atoms with van der Waals surface area (Å²) in [6, 6.07) is 15.4. The van der Waals surface area contributed by atoms with E-state index in [2.05, 4.69) is 0 Å². The van der Waals surface area contributed by atoms with E-state index < -0.39 is 0 Å². The molecule has 0 aliphatic carbocycles. The van der Waals surface area contributed by atoms with Gasteiger partial charge in [-0.05, 0) is 24.3 Å². The molecular formula is C17H14ClNO2. The molecule has 0 amide bonds. The van der Waals surface area contributed by atoms with Crippen LogP contribution in [-0.4, -0.2) is 23.3 Å². The summed E-state index contributed by atoms with van der Waals surface area (Å²) in [5.74, 6) is 1.21. The van der Waals surface area contributed by atoms with Crippen LogP contribution in [0.2, 0.25) is 0 Å². The molecule has 1 aromatic heterocycles. The van der Waals surface area contributed by atoms with Crippen molar-refractivity contribution in [1.82, 2.24) is 4.57 Å². The largest absolute Gasteiger partial charge is 0.490 e. The minimum atomic E-state index is 0.441. The number of benzene rings is 2. The van der Waals surface area contributed by atoms with Gasteiger partial charge >= 0.3 is 0 Å². The zero-order valence-electron chi connectivity index (χ0n) is 11.3. The molecule has 3 rings (SSSR count). The van der Waals surface area contributed by atoms with E-state index in [0.29, 0.717) is 18.1 Å². The number of aromatic nitrogens is 1. The lowest BCUT2D eigenvalue weighted by Gasteiger charge is -2.12. The number of aldehydes is 1. The lowest BCUT2D eigenvalue weighted by atomic mass is 10.1. The third-order valence-electron chi connectivity index (χ3n) is 3.35. The van der Waals surface area contributed by atoms with E-state index in [9.17, 15) is 4.79 Å². The SMILES string of the molecule is O=Cc1cccc2c1ccn2-c1ccccc1OCCCl. The van der Waals surface area contributed by atoms with Crippen molar-refractivity contribution in [2.24, 2.45) is 0 Å². The fourth-order valence-corrected chi connectivity index (χ4v) is 2.51. The van der Waals surface area contributed by atoms with Gasteiger partial charge in [-0.2, -0.15) is 0 Å². The van der Waals surface area contributed by atoms with Crippen LogP contribution in [0.5, 0.6) is 5.75 Å². The molecule has 21 heavy (non-hydrogen) atoms. The third-order valence-corrected chi connectivity index (χ3v) is 3.51. The molecule has 0 atom stereocenters. The molecule has 0 unspecified atom stereocenters. The van der Waals surface area contributed by atoms with Crippen LogP contribution in [0.1, 0.15) is 10.4 Å². The Morgan fingerprint density at radius 3 is 2.76 bits per heavy atom. The van der Waals surface area contributed by atoms with E-state index in [-0.39, 0.29) is 0 Å². The molecule has 0 aliphatic rings. The van der Waals surface area contributed by atoms with Gasteiger partial charge in [0.05, 0.1) is 17.1 Å². The van der Waals surface area contributed by atoms with Crippen molar-refractivity contribution in [1.29, 1.82) is 0 Å². The monoisotopic (exact) mass is 299 g/mol. The predicted molar refractivity (Wildman–Crippen MR) is 84.9 cm³/mol. The molecule has 4 heteroatoms. The summed E-state index contributed by atoms with van der Waals surface area (Å²) in [6.45, 7) is 0.456. The Balaban J connectivity index is 2.15. The van der Waals surface area contributed by atoms with E-state index >= 15 is 0 Å². The Labute approximate surface area is 127 Å². The first-order valence-electron chi connectivity index (χ1n) is 6.68. The van der Waals surface area contributed by atoms with Gasteiger partial charge in [0.1, 0.15) is 12.4 Å². The Hall–Kier alpha value is -2.26. The van der Waals surface area contributed by atoms with Gasteiger partial charge in [0.25, 0.3) is 0 Å².